The molecule has 0 unspecified atom stereocenters. The minimum absolute atomic E-state index is 0.131. The molecule has 0 saturated heterocycles. The average Bonchev–Trinajstić information content (AvgIpc) is 2.96. The van der Waals surface area contributed by atoms with Crippen LogP contribution in [0.25, 0.3) is 22.3 Å². The maximum Gasteiger partial charge on any atom is 0.325 e. The zero-order valence-corrected chi connectivity index (χ0v) is 11.3. The number of benzene rings is 2. The Hall–Kier alpha value is -2.88. The zero-order valence-electron chi connectivity index (χ0n) is 11.3. The lowest BCUT2D eigenvalue weighted by Gasteiger charge is -2.07. The first-order valence-corrected chi connectivity index (χ1v) is 6.63. The van der Waals surface area contributed by atoms with Crippen LogP contribution in [0.3, 0.4) is 0 Å². The van der Waals surface area contributed by atoms with Gasteiger partial charge in [-0.25, -0.2) is 0 Å². The van der Waals surface area contributed by atoms with E-state index in [9.17, 15) is 4.79 Å². The molecule has 0 spiro atoms. The molecule has 21 heavy (non-hydrogen) atoms. The molecule has 0 bridgehead atoms. The van der Waals surface area contributed by atoms with E-state index in [1.807, 2.05) is 36.4 Å². The molecule has 4 heteroatoms. The first-order chi connectivity index (χ1) is 10.2. The third-order valence-corrected chi connectivity index (χ3v) is 3.25. The van der Waals surface area contributed by atoms with Crippen LogP contribution in [0.15, 0.2) is 67.0 Å². The third kappa shape index (κ3) is 2.84. The lowest BCUT2D eigenvalue weighted by molar-refractivity contribution is -0.137. The average molecular weight is 278 g/mol. The number of aromatic nitrogens is 2. The monoisotopic (exact) mass is 278 g/mol. The number of carboxylic acid groups (broad SMARTS) is 1. The van der Waals surface area contributed by atoms with Crippen LogP contribution in [0.2, 0.25) is 0 Å². The molecular weight excluding hydrogens is 264 g/mol. The Bertz CT molecular complexity index is 763. The highest BCUT2D eigenvalue weighted by atomic mass is 16.4. The molecule has 1 heterocycles. The van der Waals surface area contributed by atoms with Crippen molar-refractivity contribution in [2.75, 3.05) is 0 Å². The van der Waals surface area contributed by atoms with E-state index in [0.29, 0.717) is 0 Å². The second kappa shape index (κ2) is 5.63. The number of nitrogens with zero attached hydrogens (tertiary/aromatic N) is 2. The van der Waals surface area contributed by atoms with Crippen molar-refractivity contribution < 1.29 is 9.90 Å². The van der Waals surface area contributed by atoms with Gasteiger partial charge in [0.25, 0.3) is 0 Å². The number of carboxylic acids is 1. The van der Waals surface area contributed by atoms with Gasteiger partial charge in [-0.1, -0.05) is 54.6 Å². The molecule has 0 aliphatic rings. The van der Waals surface area contributed by atoms with Crippen LogP contribution in [0.1, 0.15) is 0 Å². The molecule has 0 saturated carbocycles. The summed E-state index contributed by atoms with van der Waals surface area (Å²) in [5.41, 5.74) is 4.18. The van der Waals surface area contributed by atoms with Crippen molar-refractivity contribution in [3.05, 3.63) is 67.0 Å². The smallest absolute Gasteiger partial charge is 0.325 e. The largest absolute Gasteiger partial charge is 0.480 e. The summed E-state index contributed by atoms with van der Waals surface area (Å²) in [4.78, 5) is 10.7. The standard InChI is InChI=1S/C17H14N2O2/c20-17(21)12-19-11-14(10-18-19)16-9-5-4-8-15(16)13-6-2-1-3-7-13/h1-11H,12H2,(H,20,21). The van der Waals surface area contributed by atoms with Crippen LogP contribution in [-0.4, -0.2) is 20.9 Å². The summed E-state index contributed by atoms with van der Waals surface area (Å²) in [6, 6.07) is 18.1. The lowest BCUT2D eigenvalue weighted by Crippen LogP contribution is -2.08. The zero-order chi connectivity index (χ0) is 14.7. The van der Waals surface area contributed by atoms with Gasteiger partial charge in [0, 0.05) is 11.8 Å². The quantitative estimate of drug-likeness (QED) is 0.796. The molecule has 2 aromatic carbocycles. The maximum absolute atomic E-state index is 10.7. The minimum atomic E-state index is -0.902. The van der Waals surface area contributed by atoms with Gasteiger partial charge >= 0.3 is 5.97 Å². The van der Waals surface area contributed by atoms with Gasteiger partial charge in [0.1, 0.15) is 6.54 Å². The van der Waals surface area contributed by atoms with Crippen LogP contribution in [-0.2, 0) is 11.3 Å². The second-order valence-corrected chi connectivity index (χ2v) is 4.73. The third-order valence-electron chi connectivity index (χ3n) is 3.25. The predicted octanol–water partition coefficient (Wildman–Crippen LogP) is 3.30. The Balaban J connectivity index is 2.03. The number of rotatable bonds is 4. The summed E-state index contributed by atoms with van der Waals surface area (Å²) >= 11 is 0. The van der Waals surface area contributed by atoms with E-state index in [0.717, 1.165) is 22.3 Å². The SMILES string of the molecule is O=C(O)Cn1cc(-c2ccccc2-c2ccccc2)cn1. The molecule has 3 aromatic rings. The highest BCUT2D eigenvalue weighted by molar-refractivity contribution is 5.82. The van der Waals surface area contributed by atoms with Crippen molar-refractivity contribution in [3.63, 3.8) is 0 Å². The number of hydrogen-bond acceptors (Lipinski definition) is 2. The second-order valence-electron chi connectivity index (χ2n) is 4.73. The summed E-state index contributed by atoms with van der Waals surface area (Å²) in [7, 11) is 0. The molecule has 0 atom stereocenters. The molecule has 1 aromatic heterocycles. The molecule has 0 amide bonds. The molecule has 3 rings (SSSR count). The molecule has 1 N–H and O–H groups in total. The van der Waals surface area contributed by atoms with E-state index in [2.05, 4.69) is 23.3 Å². The fourth-order valence-electron chi connectivity index (χ4n) is 2.33. The van der Waals surface area contributed by atoms with Crippen LogP contribution in [0.4, 0.5) is 0 Å². The predicted molar refractivity (Wildman–Crippen MR) is 80.7 cm³/mol. The van der Waals surface area contributed by atoms with Gasteiger partial charge in [-0.3, -0.25) is 9.48 Å². The molecule has 0 aliphatic heterocycles. The van der Waals surface area contributed by atoms with Crippen LogP contribution >= 0.6 is 0 Å². The summed E-state index contributed by atoms with van der Waals surface area (Å²) in [6.07, 6.45) is 3.46. The van der Waals surface area contributed by atoms with Crippen molar-refractivity contribution in [3.8, 4) is 22.3 Å². The summed E-state index contributed by atoms with van der Waals surface area (Å²) in [5, 5.41) is 12.9. The highest BCUT2D eigenvalue weighted by Gasteiger charge is 2.09. The minimum Gasteiger partial charge on any atom is -0.480 e. The topological polar surface area (TPSA) is 55.1 Å². The van der Waals surface area contributed by atoms with Gasteiger partial charge in [0.2, 0.25) is 0 Å². The Labute approximate surface area is 122 Å². The molecule has 0 radical (unpaired) electrons. The lowest BCUT2D eigenvalue weighted by atomic mass is 9.96. The molecule has 0 aliphatic carbocycles. The van der Waals surface area contributed by atoms with Gasteiger partial charge in [0.15, 0.2) is 0 Å². The van der Waals surface area contributed by atoms with E-state index in [1.165, 1.54) is 4.68 Å². The molecule has 4 nitrogen and oxygen atoms in total. The Morgan fingerprint density at radius 1 is 0.952 bits per heavy atom. The van der Waals surface area contributed by atoms with E-state index in [-0.39, 0.29) is 6.54 Å². The molecular formula is C17H14N2O2. The van der Waals surface area contributed by atoms with Crippen molar-refractivity contribution >= 4 is 5.97 Å². The van der Waals surface area contributed by atoms with E-state index in [1.54, 1.807) is 12.4 Å². The number of aliphatic carboxylic acids is 1. The van der Waals surface area contributed by atoms with E-state index < -0.39 is 5.97 Å². The normalized spacial score (nSPS) is 10.5. The molecule has 104 valence electrons. The summed E-state index contributed by atoms with van der Waals surface area (Å²) < 4.78 is 1.43. The fourth-order valence-corrected chi connectivity index (χ4v) is 2.33. The van der Waals surface area contributed by atoms with Gasteiger partial charge in [-0.05, 0) is 16.7 Å². The first-order valence-electron chi connectivity index (χ1n) is 6.63. The van der Waals surface area contributed by atoms with Crippen molar-refractivity contribution in [2.45, 2.75) is 6.54 Å². The summed E-state index contributed by atoms with van der Waals surface area (Å²) in [6.45, 7) is -0.131. The van der Waals surface area contributed by atoms with E-state index >= 15 is 0 Å². The number of hydrogen-bond donors (Lipinski definition) is 1. The number of carbonyl (C=O) groups is 1. The maximum atomic E-state index is 10.7. The van der Waals surface area contributed by atoms with Crippen LogP contribution < -0.4 is 0 Å². The summed E-state index contributed by atoms with van der Waals surface area (Å²) in [5.74, 6) is -0.902. The van der Waals surface area contributed by atoms with E-state index in [4.69, 9.17) is 5.11 Å². The van der Waals surface area contributed by atoms with Gasteiger partial charge < -0.3 is 5.11 Å². The highest BCUT2D eigenvalue weighted by Crippen LogP contribution is 2.31. The van der Waals surface area contributed by atoms with Crippen molar-refractivity contribution in [1.29, 1.82) is 0 Å². The Morgan fingerprint density at radius 3 is 2.24 bits per heavy atom. The Morgan fingerprint density at radius 2 is 1.57 bits per heavy atom. The van der Waals surface area contributed by atoms with Crippen molar-refractivity contribution in [1.82, 2.24) is 9.78 Å². The fraction of sp³-hybridized carbons (Fsp3) is 0.0588. The first kappa shape index (κ1) is 13.1. The van der Waals surface area contributed by atoms with Crippen molar-refractivity contribution in [2.24, 2.45) is 0 Å². The van der Waals surface area contributed by atoms with Gasteiger partial charge in [-0.2, -0.15) is 5.10 Å². The van der Waals surface area contributed by atoms with Crippen LogP contribution in [0.5, 0.6) is 0 Å². The Kier molecular flexibility index (Phi) is 3.51. The van der Waals surface area contributed by atoms with Crippen LogP contribution in [0, 0.1) is 0 Å². The van der Waals surface area contributed by atoms with Gasteiger partial charge in [-0.15, -0.1) is 0 Å². The molecule has 0 fully saturated rings. The van der Waals surface area contributed by atoms with Gasteiger partial charge in [0.05, 0.1) is 6.20 Å².